The molecule has 2 aromatic heterocycles. The molecule has 5 rings (SSSR count). The summed E-state index contributed by atoms with van der Waals surface area (Å²) >= 11 is 0. The topological polar surface area (TPSA) is 87.5 Å². The van der Waals surface area contributed by atoms with Crippen LogP contribution in [0.1, 0.15) is 60.1 Å². The van der Waals surface area contributed by atoms with Crippen molar-refractivity contribution < 1.29 is 23.9 Å². The normalized spacial score (nSPS) is 12.4. The van der Waals surface area contributed by atoms with E-state index in [9.17, 15) is 14.4 Å². The van der Waals surface area contributed by atoms with Crippen molar-refractivity contribution >= 4 is 28.6 Å². The molecule has 0 amide bonds. The van der Waals surface area contributed by atoms with Crippen molar-refractivity contribution in [2.24, 2.45) is 0 Å². The number of carbonyl (C=O) groups excluding carboxylic acids is 3. The standard InChI is InChI=1S/C29H26N2O5/c1-17-15-23(18(2)31(17)20-13-11-19(12-14-20)28(33)35-3)26(32)16-36-29(34)27-21-7-4-5-9-24(21)30-25-10-6-8-22(25)27/h4-5,7,9,11-15H,6,8,10,16H2,1-3H3. The number of carbonyl (C=O) groups is 3. The van der Waals surface area contributed by atoms with Crippen molar-refractivity contribution in [3.63, 3.8) is 0 Å². The molecule has 1 aliphatic rings. The highest BCUT2D eigenvalue weighted by Crippen LogP contribution is 2.30. The summed E-state index contributed by atoms with van der Waals surface area (Å²) in [6, 6.07) is 16.3. The van der Waals surface area contributed by atoms with E-state index >= 15 is 0 Å². The number of fused-ring (bicyclic) bond motifs is 2. The van der Waals surface area contributed by atoms with Gasteiger partial charge in [-0.3, -0.25) is 9.78 Å². The predicted molar refractivity (Wildman–Crippen MR) is 135 cm³/mol. The fourth-order valence-electron chi connectivity index (χ4n) is 5.03. The number of rotatable bonds is 6. The van der Waals surface area contributed by atoms with E-state index in [0.717, 1.165) is 58.5 Å². The van der Waals surface area contributed by atoms with Crippen molar-refractivity contribution in [3.8, 4) is 5.69 Å². The maximum Gasteiger partial charge on any atom is 0.339 e. The molecule has 0 spiro atoms. The number of aryl methyl sites for hydroxylation is 2. The Morgan fingerprint density at radius 2 is 1.72 bits per heavy atom. The molecule has 2 aromatic carbocycles. The molecule has 7 heteroatoms. The highest BCUT2D eigenvalue weighted by molar-refractivity contribution is 6.07. The average molecular weight is 483 g/mol. The van der Waals surface area contributed by atoms with Gasteiger partial charge in [0.1, 0.15) is 0 Å². The summed E-state index contributed by atoms with van der Waals surface area (Å²) in [7, 11) is 1.34. The molecule has 4 aromatic rings. The van der Waals surface area contributed by atoms with Gasteiger partial charge in [0, 0.05) is 33.7 Å². The Kier molecular flexibility index (Phi) is 6.14. The molecular weight excluding hydrogens is 456 g/mol. The number of ether oxygens (including phenoxy) is 2. The third-order valence-corrected chi connectivity index (χ3v) is 6.74. The molecule has 0 saturated heterocycles. The molecule has 0 bridgehead atoms. The Labute approximate surface area is 208 Å². The monoisotopic (exact) mass is 482 g/mol. The third kappa shape index (κ3) is 4.06. The second-order valence-electron chi connectivity index (χ2n) is 8.94. The van der Waals surface area contributed by atoms with Gasteiger partial charge in [-0.1, -0.05) is 18.2 Å². The van der Waals surface area contributed by atoms with Gasteiger partial charge in [0.15, 0.2) is 6.61 Å². The third-order valence-electron chi connectivity index (χ3n) is 6.74. The minimum absolute atomic E-state index is 0.274. The zero-order valence-corrected chi connectivity index (χ0v) is 20.5. The quantitative estimate of drug-likeness (QED) is 0.285. The van der Waals surface area contributed by atoms with Crippen LogP contribution in [0.4, 0.5) is 0 Å². The van der Waals surface area contributed by atoms with E-state index in [-0.39, 0.29) is 12.4 Å². The Morgan fingerprint density at radius 1 is 0.972 bits per heavy atom. The van der Waals surface area contributed by atoms with E-state index in [1.807, 2.05) is 42.7 Å². The van der Waals surface area contributed by atoms with E-state index in [1.165, 1.54) is 7.11 Å². The van der Waals surface area contributed by atoms with Crippen LogP contribution in [-0.2, 0) is 22.3 Å². The molecular formula is C29H26N2O5. The van der Waals surface area contributed by atoms with Crippen molar-refractivity contribution in [1.29, 1.82) is 0 Å². The van der Waals surface area contributed by atoms with Crippen LogP contribution in [0.5, 0.6) is 0 Å². The highest BCUT2D eigenvalue weighted by atomic mass is 16.5. The SMILES string of the molecule is COC(=O)c1ccc(-n2c(C)cc(C(=O)COC(=O)c3c4c(nc5ccccc35)CCC4)c2C)cc1. The van der Waals surface area contributed by atoms with Gasteiger partial charge in [0.05, 0.1) is 23.8 Å². The largest absolute Gasteiger partial charge is 0.465 e. The minimum Gasteiger partial charge on any atom is -0.465 e. The van der Waals surface area contributed by atoms with Crippen LogP contribution in [0.15, 0.2) is 54.6 Å². The highest BCUT2D eigenvalue weighted by Gasteiger charge is 2.26. The fourth-order valence-corrected chi connectivity index (χ4v) is 5.03. The van der Waals surface area contributed by atoms with Crippen LogP contribution in [0.25, 0.3) is 16.6 Å². The number of pyridine rings is 1. The number of Topliss-reactive ketones (excluding diaryl/α,β-unsaturated/α-hetero) is 1. The zero-order valence-electron chi connectivity index (χ0n) is 20.5. The Morgan fingerprint density at radius 3 is 2.47 bits per heavy atom. The number of aromatic nitrogens is 2. The summed E-state index contributed by atoms with van der Waals surface area (Å²) in [5.41, 5.74) is 6.49. The summed E-state index contributed by atoms with van der Waals surface area (Å²) in [6.07, 6.45) is 2.57. The van der Waals surface area contributed by atoms with Gasteiger partial charge in [-0.2, -0.15) is 0 Å². The molecule has 0 atom stereocenters. The predicted octanol–water partition coefficient (Wildman–Crippen LogP) is 4.96. The van der Waals surface area contributed by atoms with Gasteiger partial charge in [0.25, 0.3) is 0 Å². The number of ketones is 1. The van der Waals surface area contributed by atoms with Gasteiger partial charge in [-0.15, -0.1) is 0 Å². The first-order valence-electron chi connectivity index (χ1n) is 11.9. The first-order chi connectivity index (χ1) is 17.4. The van der Waals surface area contributed by atoms with Crippen LogP contribution in [0, 0.1) is 13.8 Å². The van der Waals surface area contributed by atoms with Gasteiger partial charge in [0.2, 0.25) is 5.78 Å². The Hall–Kier alpha value is -4.26. The molecule has 36 heavy (non-hydrogen) atoms. The lowest BCUT2D eigenvalue weighted by Gasteiger charge is -2.12. The first-order valence-corrected chi connectivity index (χ1v) is 11.9. The zero-order chi connectivity index (χ0) is 25.4. The van der Waals surface area contributed by atoms with E-state index < -0.39 is 11.9 Å². The second kappa shape index (κ2) is 9.41. The van der Waals surface area contributed by atoms with Crippen LogP contribution in [-0.4, -0.2) is 41.0 Å². The average Bonchev–Trinajstić information content (AvgIpc) is 3.48. The Bertz CT molecular complexity index is 1520. The lowest BCUT2D eigenvalue weighted by Crippen LogP contribution is -2.17. The molecule has 2 heterocycles. The number of para-hydroxylation sites is 1. The number of esters is 2. The van der Waals surface area contributed by atoms with E-state index in [2.05, 4.69) is 0 Å². The van der Waals surface area contributed by atoms with Gasteiger partial charge in [-0.05, 0) is 75.1 Å². The number of hydrogen-bond acceptors (Lipinski definition) is 6. The minimum atomic E-state index is -0.493. The summed E-state index contributed by atoms with van der Waals surface area (Å²) in [4.78, 5) is 42.8. The van der Waals surface area contributed by atoms with Crippen molar-refractivity contribution in [1.82, 2.24) is 9.55 Å². The molecule has 0 N–H and O–H groups in total. The molecule has 1 aliphatic carbocycles. The molecule has 0 radical (unpaired) electrons. The van der Waals surface area contributed by atoms with Crippen LogP contribution in [0.3, 0.4) is 0 Å². The van der Waals surface area contributed by atoms with E-state index in [4.69, 9.17) is 14.5 Å². The summed E-state index contributed by atoms with van der Waals surface area (Å²) in [5, 5.41) is 0.754. The van der Waals surface area contributed by atoms with Crippen LogP contribution < -0.4 is 0 Å². The van der Waals surface area contributed by atoms with E-state index in [1.54, 1.807) is 30.3 Å². The first kappa shape index (κ1) is 23.5. The van der Waals surface area contributed by atoms with Gasteiger partial charge >= 0.3 is 11.9 Å². The summed E-state index contributed by atoms with van der Waals surface area (Å²) < 4.78 is 12.3. The van der Waals surface area contributed by atoms with Crippen molar-refractivity contribution in [3.05, 3.63) is 93.9 Å². The van der Waals surface area contributed by atoms with Crippen molar-refractivity contribution in [2.75, 3.05) is 13.7 Å². The van der Waals surface area contributed by atoms with Gasteiger partial charge in [-0.25, -0.2) is 9.59 Å². The fraction of sp³-hybridized carbons (Fsp3) is 0.241. The lowest BCUT2D eigenvalue weighted by atomic mass is 10.0. The van der Waals surface area contributed by atoms with Gasteiger partial charge < -0.3 is 14.0 Å². The number of benzene rings is 2. The van der Waals surface area contributed by atoms with E-state index in [0.29, 0.717) is 16.7 Å². The van der Waals surface area contributed by atoms with Crippen molar-refractivity contribution in [2.45, 2.75) is 33.1 Å². The maximum atomic E-state index is 13.2. The summed E-state index contributed by atoms with van der Waals surface area (Å²) in [5.74, 6) is -1.18. The molecule has 0 saturated carbocycles. The number of nitrogens with zero attached hydrogens (tertiary/aromatic N) is 2. The smallest absolute Gasteiger partial charge is 0.339 e. The number of methoxy groups -OCH3 is 1. The molecule has 0 unspecified atom stereocenters. The Balaban J connectivity index is 1.38. The molecule has 0 fully saturated rings. The summed E-state index contributed by atoms with van der Waals surface area (Å²) in [6.45, 7) is 3.39. The molecule has 182 valence electrons. The van der Waals surface area contributed by atoms with Crippen LogP contribution in [0.2, 0.25) is 0 Å². The molecule has 7 nitrogen and oxygen atoms in total. The number of hydrogen-bond donors (Lipinski definition) is 0. The van der Waals surface area contributed by atoms with Crippen LogP contribution >= 0.6 is 0 Å². The molecule has 0 aliphatic heterocycles. The maximum absolute atomic E-state index is 13.2. The second-order valence-corrected chi connectivity index (χ2v) is 8.94. The lowest BCUT2D eigenvalue weighted by molar-refractivity contribution is 0.0475.